The number of carbonyl (C=O) groups excluding carboxylic acids is 1. The Labute approximate surface area is 147 Å². The predicted octanol–water partition coefficient (Wildman–Crippen LogP) is 4.45. The molecule has 0 aliphatic carbocycles. The number of ether oxygens (including phenoxy) is 1. The van der Waals surface area contributed by atoms with Crippen LogP contribution in [0.2, 0.25) is 0 Å². The second-order valence-corrected chi connectivity index (χ2v) is 5.18. The minimum Gasteiger partial charge on any atom is -0.488 e. The quantitative estimate of drug-likeness (QED) is 0.746. The van der Waals surface area contributed by atoms with Gasteiger partial charge < -0.3 is 10.5 Å². The van der Waals surface area contributed by atoms with Crippen LogP contribution in [0.5, 0.6) is 5.75 Å². The molecule has 0 saturated heterocycles. The summed E-state index contributed by atoms with van der Waals surface area (Å²) in [5.74, 6) is 0.186. The lowest BCUT2D eigenvalue weighted by Crippen LogP contribution is -2.13. The second-order valence-electron chi connectivity index (χ2n) is 5.18. The molecule has 122 valence electrons. The van der Waals surface area contributed by atoms with Crippen molar-refractivity contribution in [2.24, 2.45) is 5.73 Å². The number of rotatable bonds is 5. The van der Waals surface area contributed by atoms with E-state index in [-0.39, 0.29) is 12.4 Å². The van der Waals surface area contributed by atoms with Gasteiger partial charge in [0.25, 0.3) is 0 Å². The molecule has 0 atom stereocenters. The van der Waals surface area contributed by atoms with Crippen LogP contribution in [0, 0.1) is 0 Å². The molecule has 0 saturated carbocycles. The molecule has 3 aromatic rings. The average molecular weight is 340 g/mol. The van der Waals surface area contributed by atoms with Gasteiger partial charge in [-0.15, -0.1) is 12.4 Å². The standard InChI is InChI=1S/C20H17NO2.ClH/c21-20(22)17-12-7-13-18(19(17)16-10-5-2-6-11-16)23-14-15-8-3-1-4-9-15;/h1-13H,14H2,(H2,21,22);1H. The van der Waals surface area contributed by atoms with Gasteiger partial charge in [-0.3, -0.25) is 4.79 Å². The molecule has 24 heavy (non-hydrogen) atoms. The first kappa shape index (κ1) is 17.6. The van der Waals surface area contributed by atoms with E-state index in [1.54, 1.807) is 12.1 Å². The number of primary amides is 1. The third-order valence-corrected chi connectivity index (χ3v) is 3.59. The Balaban J connectivity index is 0.00000208. The maximum absolute atomic E-state index is 11.8. The van der Waals surface area contributed by atoms with Crippen LogP contribution in [0.15, 0.2) is 78.9 Å². The highest BCUT2D eigenvalue weighted by Crippen LogP contribution is 2.33. The topological polar surface area (TPSA) is 52.3 Å². The number of amides is 1. The normalized spacial score (nSPS) is 9.83. The fraction of sp³-hybridized carbons (Fsp3) is 0.0500. The van der Waals surface area contributed by atoms with E-state index in [1.807, 2.05) is 66.7 Å². The summed E-state index contributed by atoms with van der Waals surface area (Å²) < 4.78 is 5.96. The maximum atomic E-state index is 11.8. The minimum absolute atomic E-state index is 0. The van der Waals surface area contributed by atoms with E-state index < -0.39 is 5.91 Å². The molecular weight excluding hydrogens is 322 g/mol. The molecule has 2 N–H and O–H groups in total. The van der Waals surface area contributed by atoms with E-state index in [1.165, 1.54) is 0 Å². The van der Waals surface area contributed by atoms with Crippen molar-refractivity contribution in [2.45, 2.75) is 6.61 Å². The van der Waals surface area contributed by atoms with Crippen LogP contribution in [-0.4, -0.2) is 5.91 Å². The highest BCUT2D eigenvalue weighted by molar-refractivity contribution is 6.01. The van der Waals surface area contributed by atoms with Gasteiger partial charge in [-0.05, 0) is 23.3 Å². The number of carbonyl (C=O) groups is 1. The fourth-order valence-electron chi connectivity index (χ4n) is 2.49. The first-order valence-electron chi connectivity index (χ1n) is 7.40. The molecule has 0 heterocycles. The summed E-state index contributed by atoms with van der Waals surface area (Å²) in [6.45, 7) is 0.433. The van der Waals surface area contributed by atoms with Crippen molar-refractivity contribution >= 4 is 18.3 Å². The monoisotopic (exact) mass is 339 g/mol. The maximum Gasteiger partial charge on any atom is 0.249 e. The number of benzene rings is 3. The van der Waals surface area contributed by atoms with Crippen LogP contribution in [0.4, 0.5) is 0 Å². The van der Waals surface area contributed by atoms with E-state index in [4.69, 9.17) is 10.5 Å². The number of hydrogen-bond donors (Lipinski definition) is 1. The minimum atomic E-state index is -0.464. The molecule has 0 aliphatic rings. The zero-order chi connectivity index (χ0) is 16.1. The molecule has 3 rings (SSSR count). The number of halogens is 1. The molecule has 0 bridgehead atoms. The Hall–Kier alpha value is -2.78. The molecule has 1 amide bonds. The van der Waals surface area contributed by atoms with Gasteiger partial charge in [0.2, 0.25) is 5.91 Å². The van der Waals surface area contributed by atoms with Gasteiger partial charge in [-0.2, -0.15) is 0 Å². The highest BCUT2D eigenvalue weighted by Gasteiger charge is 2.15. The smallest absolute Gasteiger partial charge is 0.249 e. The summed E-state index contributed by atoms with van der Waals surface area (Å²) in [5.41, 5.74) is 8.70. The summed E-state index contributed by atoms with van der Waals surface area (Å²) in [4.78, 5) is 11.8. The van der Waals surface area contributed by atoms with E-state index >= 15 is 0 Å². The van der Waals surface area contributed by atoms with Crippen molar-refractivity contribution in [2.75, 3.05) is 0 Å². The molecule has 4 heteroatoms. The van der Waals surface area contributed by atoms with Crippen LogP contribution in [0.1, 0.15) is 15.9 Å². The van der Waals surface area contributed by atoms with Crippen molar-refractivity contribution in [3.63, 3.8) is 0 Å². The van der Waals surface area contributed by atoms with E-state index in [0.29, 0.717) is 17.9 Å². The van der Waals surface area contributed by atoms with E-state index in [2.05, 4.69) is 0 Å². The number of hydrogen-bond acceptors (Lipinski definition) is 2. The molecule has 0 fully saturated rings. The molecule has 3 nitrogen and oxygen atoms in total. The Morgan fingerprint density at radius 3 is 2.08 bits per heavy atom. The second kappa shape index (κ2) is 8.18. The van der Waals surface area contributed by atoms with Crippen LogP contribution in [-0.2, 0) is 6.61 Å². The molecule has 0 unspecified atom stereocenters. The van der Waals surface area contributed by atoms with Gasteiger partial charge in [0.1, 0.15) is 12.4 Å². The van der Waals surface area contributed by atoms with Crippen LogP contribution in [0.25, 0.3) is 11.1 Å². The van der Waals surface area contributed by atoms with Gasteiger partial charge >= 0.3 is 0 Å². The van der Waals surface area contributed by atoms with Gasteiger partial charge in [0, 0.05) is 5.56 Å². The average Bonchev–Trinajstić information content (AvgIpc) is 2.61. The lowest BCUT2D eigenvalue weighted by Gasteiger charge is -2.14. The van der Waals surface area contributed by atoms with E-state index in [9.17, 15) is 4.79 Å². The number of nitrogens with two attached hydrogens (primary N) is 1. The van der Waals surface area contributed by atoms with E-state index in [0.717, 1.165) is 16.7 Å². The Kier molecular flexibility index (Phi) is 5.99. The predicted molar refractivity (Wildman–Crippen MR) is 98.4 cm³/mol. The summed E-state index contributed by atoms with van der Waals surface area (Å²) in [7, 11) is 0. The van der Waals surface area contributed by atoms with Gasteiger partial charge in [-0.25, -0.2) is 0 Å². The summed E-state index contributed by atoms with van der Waals surface area (Å²) in [5, 5.41) is 0. The zero-order valence-electron chi connectivity index (χ0n) is 13.0. The van der Waals surface area contributed by atoms with Crippen molar-refractivity contribution in [1.29, 1.82) is 0 Å². The summed E-state index contributed by atoms with van der Waals surface area (Å²) in [6.07, 6.45) is 0. The fourth-order valence-corrected chi connectivity index (χ4v) is 2.49. The highest BCUT2D eigenvalue weighted by atomic mass is 35.5. The lowest BCUT2D eigenvalue weighted by molar-refractivity contribution is 0.100. The molecule has 0 aliphatic heterocycles. The zero-order valence-corrected chi connectivity index (χ0v) is 13.8. The van der Waals surface area contributed by atoms with Crippen LogP contribution < -0.4 is 10.5 Å². The third-order valence-electron chi connectivity index (χ3n) is 3.59. The molecule has 0 radical (unpaired) electrons. The molecule has 0 spiro atoms. The first-order chi connectivity index (χ1) is 11.3. The summed E-state index contributed by atoms with van der Waals surface area (Å²) in [6, 6.07) is 24.9. The Bertz CT molecular complexity index is 804. The third kappa shape index (κ3) is 3.94. The Morgan fingerprint density at radius 1 is 0.833 bits per heavy atom. The van der Waals surface area contributed by atoms with Crippen LogP contribution >= 0.6 is 12.4 Å². The van der Waals surface area contributed by atoms with Crippen molar-refractivity contribution in [3.8, 4) is 16.9 Å². The molecule has 3 aromatic carbocycles. The first-order valence-corrected chi connectivity index (χ1v) is 7.40. The van der Waals surface area contributed by atoms with Gasteiger partial charge in [0.15, 0.2) is 0 Å². The lowest BCUT2D eigenvalue weighted by atomic mass is 9.98. The van der Waals surface area contributed by atoms with Gasteiger partial charge in [-0.1, -0.05) is 66.7 Å². The molecular formula is C20H18ClNO2. The SMILES string of the molecule is Cl.NC(=O)c1cccc(OCc2ccccc2)c1-c1ccccc1. The summed E-state index contributed by atoms with van der Waals surface area (Å²) >= 11 is 0. The molecule has 0 aromatic heterocycles. The van der Waals surface area contributed by atoms with Gasteiger partial charge in [0.05, 0.1) is 5.56 Å². The van der Waals surface area contributed by atoms with Crippen molar-refractivity contribution in [3.05, 3.63) is 90.0 Å². The van der Waals surface area contributed by atoms with Crippen molar-refractivity contribution < 1.29 is 9.53 Å². The van der Waals surface area contributed by atoms with Crippen molar-refractivity contribution in [1.82, 2.24) is 0 Å². The van der Waals surface area contributed by atoms with Crippen LogP contribution in [0.3, 0.4) is 0 Å². The Morgan fingerprint density at radius 2 is 1.46 bits per heavy atom. The largest absolute Gasteiger partial charge is 0.488 e.